The summed E-state index contributed by atoms with van der Waals surface area (Å²) < 4.78 is 28.4. The fourth-order valence-electron chi connectivity index (χ4n) is 4.82. The summed E-state index contributed by atoms with van der Waals surface area (Å²) in [5.41, 5.74) is 5.42. The van der Waals surface area contributed by atoms with Crippen LogP contribution in [0.5, 0.6) is 0 Å². The van der Waals surface area contributed by atoms with Crippen molar-refractivity contribution in [3.05, 3.63) is 95.1 Å². The van der Waals surface area contributed by atoms with E-state index in [0.717, 1.165) is 30.4 Å². The van der Waals surface area contributed by atoms with Crippen LogP contribution in [0.3, 0.4) is 0 Å². The van der Waals surface area contributed by atoms with Gasteiger partial charge in [0, 0.05) is 0 Å². The Balaban J connectivity index is 1.59. The zero-order valence-electron chi connectivity index (χ0n) is 21.4. The Labute approximate surface area is 215 Å². The summed E-state index contributed by atoms with van der Waals surface area (Å²) in [5, 5.41) is 3.10. The van der Waals surface area contributed by atoms with Gasteiger partial charge in [0.2, 0.25) is 5.91 Å². The second-order valence-corrected chi connectivity index (χ2v) is 11.7. The Morgan fingerprint density at radius 3 is 2.17 bits per heavy atom. The number of anilines is 1. The van der Waals surface area contributed by atoms with E-state index in [4.69, 9.17) is 0 Å². The van der Waals surface area contributed by atoms with E-state index in [-0.39, 0.29) is 23.4 Å². The third-order valence-corrected chi connectivity index (χ3v) is 8.77. The first-order valence-electron chi connectivity index (χ1n) is 12.9. The standard InChI is InChI=1S/C30H36N2O3S/c1-4-29(26-15-14-24-10-8-9-11-25(24)20-26)31-30(33)21-32(27-18-16-23(17-19-27)22(2)3)36(34,35)28-12-6-5-7-13-28/h5-7,12-20,22,29H,4,8-11,21H2,1-3H3,(H,31,33)/t29-/m1/s1. The highest BCUT2D eigenvalue weighted by atomic mass is 32.2. The summed E-state index contributed by atoms with van der Waals surface area (Å²) in [6.45, 7) is 5.92. The highest BCUT2D eigenvalue weighted by Gasteiger charge is 2.28. The topological polar surface area (TPSA) is 66.5 Å². The molecule has 1 amide bonds. The zero-order chi connectivity index (χ0) is 25.7. The highest BCUT2D eigenvalue weighted by molar-refractivity contribution is 7.92. The molecule has 0 saturated carbocycles. The molecule has 0 bridgehead atoms. The van der Waals surface area contributed by atoms with Crippen LogP contribution in [-0.2, 0) is 27.7 Å². The maximum Gasteiger partial charge on any atom is 0.264 e. The van der Waals surface area contributed by atoms with Gasteiger partial charge < -0.3 is 5.32 Å². The van der Waals surface area contributed by atoms with Crippen molar-refractivity contribution in [1.29, 1.82) is 0 Å². The monoisotopic (exact) mass is 504 g/mol. The molecule has 5 nitrogen and oxygen atoms in total. The van der Waals surface area contributed by atoms with Gasteiger partial charge in [-0.1, -0.05) is 69.3 Å². The SMILES string of the molecule is CC[C@@H](NC(=O)CN(c1ccc(C(C)C)cc1)S(=O)(=O)c1ccccc1)c1ccc2c(c1)CCCC2. The fraction of sp³-hybridized carbons (Fsp3) is 0.367. The summed E-state index contributed by atoms with van der Waals surface area (Å²) in [6, 6.07) is 22.0. The average molecular weight is 505 g/mol. The summed E-state index contributed by atoms with van der Waals surface area (Å²) in [5.74, 6) is -0.00419. The Morgan fingerprint density at radius 2 is 1.53 bits per heavy atom. The van der Waals surface area contributed by atoms with Crippen molar-refractivity contribution in [2.24, 2.45) is 0 Å². The molecule has 6 heteroatoms. The van der Waals surface area contributed by atoms with E-state index in [1.54, 1.807) is 42.5 Å². The Kier molecular flexibility index (Phi) is 8.14. The Morgan fingerprint density at radius 1 is 0.889 bits per heavy atom. The van der Waals surface area contributed by atoms with E-state index in [1.165, 1.54) is 28.3 Å². The number of carbonyl (C=O) groups is 1. The third-order valence-electron chi connectivity index (χ3n) is 6.98. The normalized spacial score (nSPS) is 14.2. The van der Waals surface area contributed by atoms with E-state index >= 15 is 0 Å². The number of fused-ring (bicyclic) bond motifs is 1. The summed E-state index contributed by atoms with van der Waals surface area (Å²) in [6.07, 6.45) is 5.33. The van der Waals surface area contributed by atoms with Crippen molar-refractivity contribution >= 4 is 21.6 Å². The molecule has 36 heavy (non-hydrogen) atoms. The molecule has 0 heterocycles. The van der Waals surface area contributed by atoms with E-state index in [0.29, 0.717) is 11.6 Å². The van der Waals surface area contributed by atoms with Gasteiger partial charge in [0.15, 0.2) is 0 Å². The third kappa shape index (κ3) is 5.81. The molecule has 1 atom stereocenters. The molecule has 0 aliphatic heterocycles. The summed E-state index contributed by atoms with van der Waals surface area (Å²) >= 11 is 0. The first-order valence-corrected chi connectivity index (χ1v) is 14.3. The first-order chi connectivity index (χ1) is 17.3. The number of hydrogen-bond donors (Lipinski definition) is 1. The molecule has 0 spiro atoms. The minimum Gasteiger partial charge on any atom is -0.348 e. The number of carbonyl (C=O) groups excluding carboxylic acids is 1. The van der Waals surface area contributed by atoms with Gasteiger partial charge >= 0.3 is 0 Å². The second kappa shape index (κ2) is 11.3. The van der Waals surface area contributed by atoms with Gasteiger partial charge in [-0.3, -0.25) is 9.10 Å². The van der Waals surface area contributed by atoms with Gasteiger partial charge in [-0.15, -0.1) is 0 Å². The van der Waals surface area contributed by atoms with Gasteiger partial charge in [-0.25, -0.2) is 8.42 Å². The van der Waals surface area contributed by atoms with E-state index in [1.807, 2.05) is 19.1 Å². The van der Waals surface area contributed by atoms with E-state index < -0.39 is 10.0 Å². The van der Waals surface area contributed by atoms with Crippen LogP contribution in [0.1, 0.15) is 74.2 Å². The van der Waals surface area contributed by atoms with Gasteiger partial charge in [0.05, 0.1) is 16.6 Å². The van der Waals surface area contributed by atoms with Crippen LogP contribution in [0.2, 0.25) is 0 Å². The molecule has 0 saturated heterocycles. The minimum absolute atomic E-state index is 0.160. The number of aryl methyl sites for hydroxylation is 2. The van der Waals surface area contributed by atoms with E-state index in [9.17, 15) is 13.2 Å². The van der Waals surface area contributed by atoms with Crippen LogP contribution in [0.15, 0.2) is 77.7 Å². The smallest absolute Gasteiger partial charge is 0.264 e. The fourth-order valence-corrected chi connectivity index (χ4v) is 6.26. The van der Waals surface area contributed by atoms with Gasteiger partial charge in [-0.05, 0) is 84.5 Å². The second-order valence-electron chi connectivity index (χ2n) is 9.83. The van der Waals surface area contributed by atoms with Crippen LogP contribution < -0.4 is 9.62 Å². The Bertz CT molecular complexity index is 1290. The molecule has 190 valence electrons. The van der Waals surface area contributed by atoms with Crippen LogP contribution in [0.4, 0.5) is 5.69 Å². The quantitative estimate of drug-likeness (QED) is 0.380. The lowest BCUT2D eigenvalue weighted by atomic mass is 9.89. The Hall–Kier alpha value is -3.12. The number of sulfonamides is 1. The van der Waals surface area contributed by atoms with Gasteiger partial charge in [0.25, 0.3) is 10.0 Å². The number of nitrogens with one attached hydrogen (secondary N) is 1. The highest BCUT2D eigenvalue weighted by Crippen LogP contribution is 2.28. The lowest BCUT2D eigenvalue weighted by molar-refractivity contribution is -0.120. The average Bonchev–Trinajstić information content (AvgIpc) is 2.90. The largest absolute Gasteiger partial charge is 0.348 e. The van der Waals surface area contributed by atoms with E-state index in [2.05, 4.69) is 37.4 Å². The number of benzene rings is 3. The summed E-state index contributed by atoms with van der Waals surface area (Å²) in [7, 11) is -3.93. The van der Waals surface area contributed by atoms with Crippen molar-refractivity contribution in [3.63, 3.8) is 0 Å². The van der Waals surface area contributed by atoms with Crippen LogP contribution in [0.25, 0.3) is 0 Å². The van der Waals surface area contributed by atoms with Crippen molar-refractivity contribution in [1.82, 2.24) is 5.32 Å². The van der Waals surface area contributed by atoms with Crippen LogP contribution in [0, 0.1) is 0 Å². The molecule has 1 N–H and O–H groups in total. The van der Waals surface area contributed by atoms with Gasteiger partial charge in [-0.2, -0.15) is 0 Å². The van der Waals surface area contributed by atoms with Crippen LogP contribution in [-0.4, -0.2) is 20.9 Å². The predicted molar refractivity (Wildman–Crippen MR) is 146 cm³/mol. The molecule has 0 fully saturated rings. The molecule has 1 aliphatic carbocycles. The molecule has 4 rings (SSSR count). The molecule has 3 aromatic carbocycles. The maximum atomic E-state index is 13.6. The zero-order valence-corrected chi connectivity index (χ0v) is 22.2. The molecular weight excluding hydrogens is 468 g/mol. The molecule has 0 radical (unpaired) electrons. The van der Waals surface area contributed by atoms with Crippen molar-refractivity contribution < 1.29 is 13.2 Å². The number of amides is 1. The van der Waals surface area contributed by atoms with Gasteiger partial charge in [0.1, 0.15) is 6.54 Å². The molecule has 1 aliphatic rings. The van der Waals surface area contributed by atoms with Crippen LogP contribution >= 0.6 is 0 Å². The molecule has 0 unspecified atom stereocenters. The lowest BCUT2D eigenvalue weighted by Gasteiger charge is -2.26. The molecular formula is C30H36N2O3S. The summed E-state index contributed by atoms with van der Waals surface area (Å²) in [4.78, 5) is 13.5. The number of nitrogens with zero attached hydrogens (tertiary/aromatic N) is 1. The van der Waals surface area contributed by atoms with Crippen molar-refractivity contribution in [2.75, 3.05) is 10.8 Å². The lowest BCUT2D eigenvalue weighted by Crippen LogP contribution is -2.42. The first kappa shape index (κ1) is 26.0. The minimum atomic E-state index is -3.93. The number of hydrogen-bond acceptors (Lipinski definition) is 3. The maximum absolute atomic E-state index is 13.6. The molecule has 3 aromatic rings. The predicted octanol–water partition coefficient (Wildman–Crippen LogP) is 6.15. The van der Waals surface area contributed by atoms with Crippen molar-refractivity contribution in [3.8, 4) is 0 Å². The molecule has 0 aromatic heterocycles. The van der Waals surface area contributed by atoms with Crippen molar-refractivity contribution in [2.45, 2.75) is 69.7 Å². The number of rotatable bonds is 9.